The van der Waals surface area contributed by atoms with Crippen molar-refractivity contribution in [3.8, 4) is 0 Å². The molecule has 2 atom stereocenters. The van der Waals surface area contributed by atoms with Crippen LogP contribution in [0, 0.1) is 5.92 Å². The predicted octanol–water partition coefficient (Wildman–Crippen LogP) is 1.60. The summed E-state index contributed by atoms with van der Waals surface area (Å²) in [5, 5.41) is 18.6. The molecule has 0 saturated carbocycles. The molecule has 0 aromatic carbocycles. The van der Waals surface area contributed by atoms with Crippen molar-refractivity contribution < 1.29 is 14.7 Å². The van der Waals surface area contributed by atoms with E-state index in [1.807, 2.05) is 13.8 Å². The summed E-state index contributed by atoms with van der Waals surface area (Å²) >= 11 is 1.43. The molecule has 0 aliphatic heterocycles. The highest BCUT2D eigenvalue weighted by molar-refractivity contribution is 7.08. The summed E-state index contributed by atoms with van der Waals surface area (Å²) in [7, 11) is 0. The summed E-state index contributed by atoms with van der Waals surface area (Å²) in [5.41, 5.74) is -0.425. The van der Waals surface area contributed by atoms with Gasteiger partial charge in [0, 0.05) is 11.9 Å². The molecule has 1 aromatic heterocycles. The zero-order chi connectivity index (χ0) is 14.5. The lowest BCUT2D eigenvalue weighted by molar-refractivity contribution is -0.137. The number of carbonyl (C=O) groups is 2. The van der Waals surface area contributed by atoms with Crippen LogP contribution in [0.25, 0.3) is 0 Å². The normalized spacial score (nSPS) is 15.4. The fourth-order valence-electron chi connectivity index (χ4n) is 1.48. The standard InChI is InChI=1S/C13H20N2O3S/c1-4-9(2)13(3,18)8-14-11(16)12(17)15-10-5-6-19-7-10/h5-7,9,18H,4,8H2,1-3H3,(H,14,16)(H,15,17). The topological polar surface area (TPSA) is 78.4 Å². The number of carbonyl (C=O) groups excluding carboxylic acids is 2. The molecule has 1 rings (SSSR count). The highest BCUT2D eigenvalue weighted by Crippen LogP contribution is 2.18. The number of anilines is 1. The Kier molecular flexibility index (Phi) is 5.50. The number of hydrogen-bond acceptors (Lipinski definition) is 4. The maximum absolute atomic E-state index is 11.6. The van der Waals surface area contributed by atoms with Crippen molar-refractivity contribution in [2.75, 3.05) is 11.9 Å². The Morgan fingerprint density at radius 2 is 2.16 bits per heavy atom. The second kappa shape index (κ2) is 6.68. The van der Waals surface area contributed by atoms with E-state index in [0.717, 1.165) is 6.42 Å². The van der Waals surface area contributed by atoms with E-state index in [1.54, 1.807) is 23.8 Å². The SMILES string of the molecule is CCC(C)C(C)(O)CNC(=O)C(=O)Nc1ccsc1. The van der Waals surface area contributed by atoms with E-state index in [1.165, 1.54) is 11.3 Å². The number of thiophene rings is 1. The molecule has 0 bridgehead atoms. The molecule has 19 heavy (non-hydrogen) atoms. The van der Waals surface area contributed by atoms with Crippen LogP contribution in [0.2, 0.25) is 0 Å². The summed E-state index contributed by atoms with van der Waals surface area (Å²) in [6.45, 7) is 5.57. The van der Waals surface area contributed by atoms with E-state index in [0.29, 0.717) is 5.69 Å². The number of rotatable bonds is 5. The van der Waals surface area contributed by atoms with Crippen molar-refractivity contribution in [2.24, 2.45) is 5.92 Å². The maximum atomic E-state index is 11.6. The molecule has 0 radical (unpaired) electrons. The van der Waals surface area contributed by atoms with Gasteiger partial charge in [-0.2, -0.15) is 11.3 Å². The molecular weight excluding hydrogens is 264 g/mol. The Labute approximate surface area is 117 Å². The minimum absolute atomic E-state index is 0.0349. The first kappa shape index (κ1) is 15.7. The van der Waals surface area contributed by atoms with Gasteiger partial charge in [0.2, 0.25) is 0 Å². The highest BCUT2D eigenvalue weighted by Gasteiger charge is 2.28. The second-order valence-corrected chi connectivity index (χ2v) is 5.60. The van der Waals surface area contributed by atoms with Gasteiger partial charge in [0.15, 0.2) is 0 Å². The van der Waals surface area contributed by atoms with Crippen molar-refractivity contribution in [3.05, 3.63) is 16.8 Å². The van der Waals surface area contributed by atoms with Gasteiger partial charge >= 0.3 is 11.8 Å². The third-order valence-corrected chi connectivity index (χ3v) is 3.95. The highest BCUT2D eigenvalue weighted by atomic mass is 32.1. The Morgan fingerprint density at radius 1 is 1.47 bits per heavy atom. The van der Waals surface area contributed by atoms with Crippen molar-refractivity contribution in [1.29, 1.82) is 0 Å². The zero-order valence-corrected chi connectivity index (χ0v) is 12.2. The molecule has 0 fully saturated rings. The van der Waals surface area contributed by atoms with E-state index in [9.17, 15) is 14.7 Å². The summed E-state index contributed by atoms with van der Waals surface area (Å²) in [6.07, 6.45) is 0.796. The van der Waals surface area contributed by atoms with Gasteiger partial charge < -0.3 is 15.7 Å². The largest absolute Gasteiger partial charge is 0.388 e. The smallest absolute Gasteiger partial charge is 0.313 e. The van der Waals surface area contributed by atoms with Gasteiger partial charge in [-0.25, -0.2) is 0 Å². The Balaban J connectivity index is 2.45. The van der Waals surface area contributed by atoms with Gasteiger partial charge in [-0.3, -0.25) is 9.59 Å². The van der Waals surface area contributed by atoms with Crippen LogP contribution in [0.3, 0.4) is 0 Å². The third-order valence-electron chi connectivity index (χ3n) is 3.27. The molecule has 2 unspecified atom stereocenters. The number of hydrogen-bond donors (Lipinski definition) is 3. The van der Waals surface area contributed by atoms with Gasteiger partial charge in [-0.1, -0.05) is 20.3 Å². The molecule has 5 nitrogen and oxygen atoms in total. The Morgan fingerprint density at radius 3 is 2.68 bits per heavy atom. The van der Waals surface area contributed by atoms with E-state index in [2.05, 4.69) is 10.6 Å². The molecule has 0 spiro atoms. The lowest BCUT2D eigenvalue weighted by Crippen LogP contribution is -2.47. The molecule has 3 N–H and O–H groups in total. The van der Waals surface area contributed by atoms with Crippen LogP contribution in [0.1, 0.15) is 27.2 Å². The van der Waals surface area contributed by atoms with Crippen LogP contribution >= 0.6 is 11.3 Å². The molecule has 0 aliphatic rings. The van der Waals surface area contributed by atoms with Gasteiger partial charge in [0.1, 0.15) is 0 Å². The van der Waals surface area contributed by atoms with E-state index < -0.39 is 17.4 Å². The minimum Gasteiger partial charge on any atom is -0.388 e. The van der Waals surface area contributed by atoms with Crippen LogP contribution in [-0.2, 0) is 9.59 Å². The van der Waals surface area contributed by atoms with Crippen LogP contribution in [0.5, 0.6) is 0 Å². The number of nitrogens with one attached hydrogen (secondary N) is 2. The molecule has 1 aromatic rings. The lowest BCUT2D eigenvalue weighted by Gasteiger charge is -2.29. The van der Waals surface area contributed by atoms with Crippen LogP contribution in [0.4, 0.5) is 5.69 Å². The molecule has 6 heteroatoms. The van der Waals surface area contributed by atoms with Crippen molar-refractivity contribution in [1.82, 2.24) is 5.32 Å². The van der Waals surface area contributed by atoms with Gasteiger partial charge in [-0.15, -0.1) is 0 Å². The third kappa shape index (κ3) is 4.65. The van der Waals surface area contributed by atoms with Crippen molar-refractivity contribution in [3.63, 3.8) is 0 Å². The predicted molar refractivity (Wildman–Crippen MR) is 76.0 cm³/mol. The number of aliphatic hydroxyl groups is 1. The van der Waals surface area contributed by atoms with E-state index in [4.69, 9.17) is 0 Å². The van der Waals surface area contributed by atoms with E-state index in [-0.39, 0.29) is 12.5 Å². The maximum Gasteiger partial charge on any atom is 0.313 e. The van der Waals surface area contributed by atoms with Crippen LogP contribution in [-0.4, -0.2) is 29.1 Å². The summed E-state index contributed by atoms with van der Waals surface area (Å²) < 4.78 is 0. The molecule has 106 valence electrons. The first-order valence-corrected chi connectivity index (χ1v) is 7.15. The minimum atomic E-state index is -1.02. The zero-order valence-electron chi connectivity index (χ0n) is 11.4. The van der Waals surface area contributed by atoms with Gasteiger partial charge in [0.25, 0.3) is 0 Å². The lowest BCUT2D eigenvalue weighted by atomic mass is 9.89. The quantitative estimate of drug-likeness (QED) is 0.719. The fraction of sp³-hybridized carbons (Fsp3) is 0.538. The molecule has 1 heterocycles. The van der Waals surface area contributed by atoms with Crippen molar-refractivity contribution in [2.45, 2.75) is 32.8 Å². The summed E-state index contributed by atoms with van der Waals surface area (Å²) in [5.74, 6) is -1.43. The Hall–Kier alpha value is -1.40. The van der Waals surface area contributed by atoms with Crippen LogP contribution < -0.4 is 10.6 Å². The van der Waals surface area contributed by atoms with E-state index >= 15 is 0 Å². The fourth-order valence-corrected chi connectivity index (χ4v) is 2.06. The van der Waals surface area contributed by atoms with Gasteiger partial charge in [-0.05, 0) is 24.3 Å². The first-order chi connectivity index (χ1) is 8.86. The van der Waals surface area contributed by atoms with Crippen molar-refractivity contribution >= 4 is 28.8 Å². The second-order valence-electron chi connectivity index (χ2n) is 4.82. The van der Waals surface area contributed by atoms with Gasteiger partial charge in [0.05, 0.1) is 11.3 Å². The summed E-state index contributed by atoms with van der Waals surface area (Å²) in [6, 6.07) is 1.71. The number of amides is 2. The average Bonchev–Trinajstić information content (AvgIpc) is 2.87. The monoisotopic (exact) mass is 284 g/mol. The first-order valence-electron chi connectivity index (χ1n) is 6.20. The molecule has 0 aliphatic carbocycles. The van der Waals surface area contributed by atoms with Crippen LogP contribution in [0.15, 0.2) is 16.8 Å². The molecule has 2 amide bonds. The summed E-state index contributed by atoms with van der Waals surface area (Å²) in [4.78, 5) is 23.2. The molecule has 0 saturated heterocycles. The Bertz CT molecular complexity index is 429. The average molecular weight is 284 g/mol. The molecular formula is C13H20N2O3S.